The summed E-state index contributed by atoms with van der Waals surface area (Å²) in [6, 6.07) is 0. The molecule has 0 radical (unpaired) electrons. The van der Waals surface area contributed by atoms with Crippen molar-refractivity contribution in [1.82, 2.24) is 0 Å². The molecule has 46 heavy (non-hydrogen) atoms. The van der Waals surface area contributed by atoms with E-state index >= 15 is 0 Å². The predicted octanol–water partition coefficient (Wildman–Crippen LogP) is 17.7. The van der Waals surface area contributed by atoms with Gasteiger partial charge in [-0.1, -0.05) is 277 Å². The molecular weight excluding hydrogens is 573 g/mol. The highest BCUT2D eigenvalue weighted by Crippen LogP contribution is 2.18. The molecule has 0 aliphatic heterocycles. The molecule has 0 spiro atoms. The summed E-state index contributed by atoms with van der Waals surface area (Å²) in [4.78, 5) is 0. The Labute approximate surface area is 300 Å². The second-order valence-corrected chi connectivity index (χ2v) is 16.0. The molecule has 1 heteroatoms. The van der Waals surface area contributed by atoms with Gasteiger partial charge < -0.3 is 0 Å². The van der Waals surface area contributed by atoms with Gasteiger partial charge in [0.1, 0.15) is 0 Å². The first-order valence-electron chi connectivity index (χ1n) is 22.5. The minimum atomic E-state index is 1.07. The van der Waals surface area contributed by atoms with Crippen LogP contribution >= 0.6 is 12.6 Å². The summed E-state index contributed by atoms with van der Waals surface area (Å²) in [5.74, 6) is 1.07. The van der Waals surface area contributed by atoms with E-state index in [1.54, 1.807) is 0 Å². The van der Waals surface area contributed by atoms with Gasteiger partial charge in [0.05, 0.1) is 0 Å². The van der Waals surface area contributed by atoms with Crippen molar-refractivity contribution in [3.8, 4) is 0 Å². The van der Waals surface area contributed by atoms with Crippen molar-refractivity contribution in [2.45, 2.75) is 283 Å². The standard InChI is InChI=1S/C45H92S/c1-2-3-4-5-6-7-8-9-10-11-12-13-14-15-16-17-18-19-20-21-22-23-24-25-26-27-28-29-30-31-32-33-34-35-36-37-38-39-40-41-42-43-44-45-46/h46H,2-45H2,1H3. The van der Waals surface area contributed by atoms with Gasteiger partial charge in [-0.25, -0.2) is 0 Å². The quantitative estimate of drug-likeness (QED) is 0.0487. The topological polar surface area (TPSA) is 0 Å². The molecule has 0 aromatic heterocycles. The maximum atomic E-state index is 4.30. The van der Waals surface area contributed by atoms with E-state index in [2.05, 4.69) is 19.6 Å². The third-order valence-corrected chi connectivity index (χ3v) is 11.1. The van der Waals surface area contributed by atoms with Gasteiger partial charge in [0.2, 0.25) is 0 Å². The Hall–Kier alpha value is 0.350. The number of hydrogen-bond acceptors (Lipinski definition) is 1. The second kappa shape index (κ2) is 45.3. The average molecular weight is 665 g/mol. The van der Waals surface area contributed by atoms with Gasteiger partial charge in [-0.2, -0.15) is 12.6 Å². The molecular formula is C45H92S. The summed E-state index contributed by atoms with van der Waals surface area (Å²) < 4.78 is 0. The van der Waals surface area contributed by atoms with Crippen molar-refractivity contribution in [1.29, 1.82) is 0 Å². The van der Waals surface area contributed by atoms with Crippen molar-refractivity contribution < 1.29 is 0 Å². The lowest BCUT2D eigenvalue weighted by atomic mass is 10.0. The summed E-state index contributed by atoms with van der Waals surface area (Å²) in [7, 11) is 0. The normalized spacial score (nSPS) is 11.6. The van der Waals surface area contributed by atoms with Crippen molar-refractivity contribution in [3.63, 3.8) is 0 Å². The van der Waals surface area contributed by atoms with Crippen molar-refractivity contribution in [3.05, 3.63) is 0 Å². The lowest BCUT2D eigenvalue weighted by molar-refractivity contribution is 0.509. The van der Waals surface area contributed by atoms with Gasteiger partial charge in [0, 0.05) is 0 Å². The molecule has 0 aromatic carbocycles. The maximum absolute atomic E-state index is 4.30. The van der Waals surface area contributed by atoms with Gasteiger partial charge in [-0.15, -0.1) is 0 Å². The van der Waals surface area contributed by atoms with Gasteiger partial charge in [0.25, 0.3) is 0 Å². The maximum Gasteiger partial charge on any atom is -0.00979 e. The third kappa shape index (κ3) is 44.4. The van der Waals surface area contributed by atoms with Gasteiger partial charge in [-0.05, 0) is 12.2 Å². The Bertz CT molecular complexity index is 443. The van der Waals surface area contributed by atoms with Crippen LogP contribution in [0.25, 0.3) is 0 Å². The van der Waals surface area contributed by atoms with E-state index < -0.39 is 0 Å². The number of hydrogen-bond donors (Lipinski definition) is 1. The zero-order valence-corrected chi connectivity index (χ0v) is 33.5. The molecule has 0 aromatic rings. The summed E-state index contributed by atoms with van der Waals surface area (Å²) in [5, 5.41) is 0. The van der Waals surface area contributed by atoms with Crippen LogP contribution in [-0.2, 0) is 0 Å². The summed E-state index contributed by atoms with van der Waals surface area (Å²) >= 11 is 4.30. The van der Waals surface area contributed by atoms with E-state index in [0.29, 0.717) is 0 Å². The largest absolute Gasteiger partial charge is 0.179 e. The van der Waals surface area contributed by atoms with Gasteiger partial charge >= 0.3 is 0 Å². The lowest BCUT2D eigenvalue weighted by Crippen LogP contribution is -1.85. The summed E-state index contributed by atoms with van der Waals surface area (Å²) in [6.07, 6.45) is 63.5. The van der Waals surface area contributed by atoms with Gasteiger partial charge in [0.15, 0.2) is 0 Å². The van der Waals surface area contributed by atoms with Crippen molar-refractivity contribution >= 4 is 12.6 Å². The Morgan fingerprint density at radius 2 is 0.283 bits per heavy atom. The van der Waals surface area contributed by atoms with Crippen LogP contribution in [0.15, 0.2) is 0 Å². The van der Waals surface area contributed by atoms with Crippen molar-refractivity contribution in [2.24, 2.45) is 0 Å². The smallest absolute Gasteiger partial charge is 0.00979 e. The van der Waals surface area contributed by atoms with Gasteiger partial charge in [-0.3, -0.25) is 0 Å². The van der Waals surface area contributed by atoms with Crippen LogP contribution in [0.5, 0.6) is 0 Å². The molecule has 0 bridgehead atoms. The molecule has 0 atom stereocenters. The van der Waals surface area contributed by atoms with Crippen molar-refractivity contribution in [2.75, 3.05) is 5.75 Å². The SMILES string of the molecule is CCCCCCCCCCCCCCCCCCCCCCCCCCCCCCCCCCCCCCCCCCCCCS. The highest BCUT2D eigenvalue weighted by atomic mass is 32.1. The molecule has 0 heterocycles. The molecule has 278 valence electrons. The highest BCUT2D eigenvalue weighted by Gasteiger charge is 1.98. The van der Waals surface area contributed by atoms with Crippen LogP contribution in [0.3, 0.4) is 0 Å². The zero-order valence-electron chi connectivity index (χ0n) is 32.6. The third-order valence-electron chi connectivity index (χ3n) is 10.8. The first-order valence-corrected chi connectivity index (χ1v) is 23.2. The zero-order chi connectivity index (χ0) is 33.1. The molecule has 0 amide bonds. The Balaban J connectivity index is 3.03. The van der Waals surface area contributed by atoms with Crippen LogP contribution in [0.1, 0.15) is 283 Å². The fourth-order valence-corrected chi connectivity index (χ4v) is 7.66. The predicted molar refractivity (Wildman–Crippen MR) is 218 cm³/mol. The molecule has 0 unspecified atom stereocenters. The molecule has 0 saturated carbocycles. The van der Waals surface area contributed by atoms with E-state index in [0.717, 1.165) is 5.75 Å². The van der Waals surface area contributed by atoms with E-state index in [-0.39, 0.29) is 0 Å². The van der Waals surface area contributed by atoms with Crippen LogP contribution in [-0.4, -0.2) is 5.75 Å². The molecule has 0 saturated heterocycles. The van der Waals surface area contributed by atoms with E-state index in [1.807, 2.05) is 0 Å². The number of unbranched alkanes of at least 4 members (excludes halogenated alkanes) is 42. The van der Waals surface area contributed by atoms with E-state index in [4.69, 9.17) is 0 Å². The van der Waals surface area contributed by atoms with Crippen LogP contribution < -0.4 is 0 Å². The second-order valence-electron chi connectivity index (χ2n) is 15.6. The minimum absolute atomic E-state index is 1.07. The highest BCUT2D eigenvalue weighted by molar-refractivity contribution is 7.80. The van der Waals surface area contributed by atoms with Crippen LogP contribution in [0, 0.1) is 0 Å². The lowest BCUT2D eigenvalue weighted by Gasteiger charge is -2.05. The first kappa shape index (κ1) is 46.4. The molecule has 0 rings (SSSR count). The molecule has 0 N–H and O–H groups in total. The summed E-state index contributed by atoms with van der Waals surface area (Å²) in [6.45, 7) is 2.31. The Morgan fingerprint density at radius 3 is 0.391 bits per heavy atom. The summed E-state index contributed by atoms with van der Waals surface area (Å²) in [5.41, 5.74) is 0. The molecule has 0 aliphatic rings. The minimum Gasteiger partial charge on any atom is -0.179 e. The van der Waals surface area contributed by atoms with E-state index in [1.165, 1.54) is 276 Å². The monoisotopic (exact) mass is 665 g/mol. The van der Waals surface area contributed by atoms with E-state index in [9.17, 15) is 0 Å². The Kier molecular flexibility index (Phi) is 45.7. The van der Waals surface area contributed by atoms with Crippen LogP contribution in [0.4, 0.5) is 0 Å². The first-order chi connectivity index (χ1) is 22.9. The fourth-order valence-electron chi connectivity index (χ4n) is 7.43. The molecule has 0 aliphatic carbocycles. The fraction of sp³-hybridized carbons (Fsp3) is 1.00. The molecule has 0 fully saturated rings. The molecule has 0 nitrogen and oxygen atoms in total. The Morgan fingerprint density at radius 1 is 0.174 bits per heavy atom. The number of thiol groups is 1. The average Bonchev–Trinajstić information content (AvgIpc) is 3.07. The number of rotatable bonds is 43. The van der Waals surface area contributed by atoms with Crippen LogP contribution in [0.2, 0.25) is 0 Å².